The molecule has 0 spiro atoms. The lowest BCUT2D eigenvalue weighted by Gasteiger charge is -1.84. The molecule has 0 bridgehead atoms. The van der Waals surface area contributed by atoms with Gasteiger partial charge in [-0.25, -0.2) is 0 Å². The van der Waals surface area contributed by atoms with Crippen LogP contribution >= 0.6 is 0 Å². The summed E-state index contributed by atoms with van der Waals surface area (Å²) in [6.07, 6.45) is 0.667. The number of rotatable bonds is 1. The maximum atomic E-state index is 7.98. The van der Waals surface area contributed by atoms with Crippen LogP contribution < -0.4 is 11.5 Å². The molecule has 0 aliphatic rings. The zero-order valence-electron chi connectivity index (χ0n) is 4.83. The topological polar surface area (TPSA) is 92.5 Å². The number of hydrogen-bond acceptors (Lipinski definition) is 4. The van der Waals surface area contributed by atoms with Gasteiger partial charge in [-0.2, -0.15) is 0 Å². The fraction of sp³-hybridized carbons (Fsp3) is 0.500. The third-order valence-corrected chi connectivity index (χ3v) is 0.348. The van der Waals surface area contributed by atoms with E-state index in [0.717, 1.165) is 0 Å². The van der Waals surface area contributed by atoms with E-state index in [1.807, 2.05) is 0 Å². The minimum absolute atomic E-state index is 0.0787. The van der Waals surface area contributed by atoms with Gasteiger partial charge in [-0.1, -0.05) is 0 Å². The summed E-state index contributed by atoms with van der Waals surface area (Å²) in [7, 11) is 1.50. The molecule has 8 heavy (non-hydrogen) atoms. The fourth-order valence-electron chi connectivity index (χ4n) is 0.0408. The van der Waals surface area contributed by atoms with Crippen molar-refractivity contribution in [3.63, 3.8) is 0 Å². The zero-order chi connectivity index (χ0) is 6.99. The molecule has 0 aliphatic carbocycles. The van der Waals surface area contributed by atoms with Crippen LogP contribution in [0.3, 0.4) is 0 Å². The van der Waals surface area contributed by atoms with Crippen LogP contribution in [0.15, 0.2) is 12.0 Å². The molecule has 0 rings (SSSR count). The Balaban J connectivity index is 0. The maximum Gasteiger partial charge on any atom is 0.100 e. The first-order valence-electron chi connectivity index (χ1n) is 2.08. The van der Waals surface area contributed by atoms with Crippen LogP contribution in [0.5, 0.6) is 0 Å². The van der Waals surface area contributed by atoms with E-state index < -0.39 is 0 Å². The summed E-state index contributed by atoms with van der Waals surface area (Å²) in [5, 5.41) is 15.9. The first kappa shape index (κ1) is 10.3. The Hall–Kier alpha value is -0.740. The molecular weight excluding hydrogens is 108 g/mol. The van der Waals surface area contributed by atoms with Gasteiger partial charge in [0, 0.05) is 0 Å². The standard InChI is InChI=1S/C3H7NO2.CH5N/c4-3(1-5)2-6;1-2/h1,5-6H,2,4H2;2H2,1H3/b3-1-;. The number of aliphatic hydroxyl groups excluding tert-OH is 2. The van der Waals surface area contributed by atoms with E-state index in [9.17, 15) is 0 Å². The van der Waals surface area contributed by atoms with E-state index in [0.29, 0.717) is 6.26 Å². The van der Waals surface area contributed by atoms with Gasteiger partial charge in [0.2, 0.25) is 0 Å². The summed E-state index contributed by atoms with van der Waals surface area (Å²) in [5.74, 6) is 0. The summed E-state index contributed by atoms with van der Waals surface area (Å²) >= 11 is 0. The van der Waals surface area contributed by atoms with Crippen LogP contribution in [-0.4, -0.2) is 23.9 Å². The first-order chi connectivity index (χ1) is 3.81. The molecule has 0 fully saturated rings. The van der Waals surface area contributed by atoms with E-state index in [4.69, 9.17) is 15.9 Å². The minimum atomic E-state index is -0.281. The van der Waals surface area contributed by atoms with E-state index in [-0.39, 0.29) is 12.3 Å². The molecule has 4 nitrogen and oxygen atoms in total. The second-order valence-electron chi connectivity index (χ2n) is 0.862. The molecule has 0 radical (unpaired) electrons. The Morgan fingerprint density at radius 3 is 2.00 bits per heavy atom. The van der Waals surface area contributed by atoms with E-state index in [1.165, 1.54) is 7.05 Å². The molecule has 0 saturated heterocycles. The van der Waals surface area contributed by atoms with Gasteiger partial charge in [0.25, 0.3) is 0 Å². The van der Waals surface area contributed by atoms with Crippen molar-refractivity contribution in [2.45, 2.75) is 0 Å². The van der Waals surface area contributed by atoms with Crippen molar-refractivity contribution in [1.82, 2.24) is 0 Å². The van der Waals surface area contributed by atoms with Gasteiger partial charge in [0.1, 0.15) is 6.26 Å². The molecule has 0 heterocycles. The maximum absolute atomic E-state index is 7.98. The third-order valence-electron chi connectivity index (χ3n) is 0.348. The van der Waals surface area contributed by atoms with Crippen LogP contribution in [0, 0.1) is 0 Å². The molecular formula is C4H12N2O2. The van der Waals surface area contributed by atoms with Crippen LogP contribution in [0.25, 0.3) is 0 Å². The lowest BCUT2D eigenvalue weighted by atomic mass is 10.5. The van der Waals surface area contributed by atoms with Crippen molar-refractivity contribution in [3.05, 3.63) is 12.0 Å². The number of aliphatic hydroxyl groups is 2. The predicted molar refractivity (Wildman–Crippen MR) is 32.1 cm³/mol. The largest absolute Gasteiger partial charge is 0.514 e. The highest BCUT2D eigenvalue weighted by molar-refractivity contribution is 4.88. The smallest absolute Gasteiger partial charge is 0.100 e. The molecule has 0 aromatic rings. The minimum Gasteiger partial charge on any atom is -0.514 e. The Morgan fingerprint density at radius 1 is 1.62 bits per heavy atom. The molecule has 0 aliphatic heterocycles. The molecule has 0 atom stereocenters. The zero-order valence-corrected chi connectivity index (χ0v) is 4.83. The Labute approximate surface area is 48.4 Å². The molecule has 0 aromatic carbocycles. The summed E-state index contributed by atoms with van der Waals surface area (Å²) in [6, 6.07) is 0. The Bertz CT molecular complexity index is 63.1. The van der Waals surface area contributed by atoms with Crippen molar-refractivity contribution >= 4 is 0 Å². The fourth-order valence-corrected chi connectivity index (χ4v) is 0.0408. The summed E-state index contributed by atoms with van der Waals surface area (Å²) < 4.78 is 0. The number of nitrogens with two attached hydrogens (primary N) is 2. The van der Waals surface area contributed by atoms with Crippen LogP contribution in [0.1, 0.15) is 0 Å². The average molecular weight is 120 g/mol. The summed E-state index contributed by atoms with van der Waals surface area (Å²) in [6.45, 7) is -0.281. The van der Waals surface area contributed by atoms with Gasteiger partial charge >= 0.3 is 0 Å². The average Bonchev–Trinajstić information content (AvgIpc) is 1.91. The van der Waals surface area contributed by atoms with Crippen molar-refractivity contribution in [2.24, 2.45) is 11.5 Å². The Morgan fingerprint density at radius 2 is 2.00 bits per heavy atom. The molecule has 50 valence electrons. The van der Waals surface area contributed by atoms with E-state index in [1.54, 1.807) is 0 Å². The lowest BCUT2D eigenvalue weighted by molar-refractivity contribution is 0.322. The van der Waals surface area contributed by atoms with E-state index in [2.05, 4.69) is 5.73 Å². The third kappa shape index (κ3) is 8.98. The van der Waals surface area contributed by atoms with Crippen molar-refractivity contribution in [1.29, 1.82) is 0 Å². The second-order valence-corrected chi connectivity index (χ2v) is 0.862. The van der Waals surface area contributed by atoms with E-state index >= 15 is 0 Å². The lowest BCUT2D eigenvalue weighted by Crippen LogP contribution is -2.00. The molecule has 4 heteroatoms. The molecule has 6 N–H and O–H groups in total. The second kappa shape index (κ2) is 9.54. The Kier molecular flexibility index (Phi) is 12.3. The van der Waals surface area contributed by atoms with Crippen molar-refractivity contribution in [3.8, 4) is 0 Å². The van der Waals surface area contributed by atoms with Crippen molar-refractivity contribution in [2.75, 3.05) is 13.7 Å². The monoisotopic (exact) mass is 120 g/mol. The number of hydrogen-bond donors (Lipinski definition) is 4. The quantitative estimate of drug-likeness (QED) is 0.331. The first-order valence-corrected chi connectivity index (χ1v) is 2.08. The summed E-state index contributed by atoms with van der Waals surface area (Å²) in [4.78, 5) is 0. The van der Waals surface area contributed by atoms with Gasteiger partial charge in [0.05, 0.1) is 12.3 Å². The normalized spacial score (nSPS) is 9.62. The molecule has 0 saturated carbocycles. The highest BCUT2D eigenvalue weighted by atomic mass is 16.3. The molecule has 0 amide bonds. The highest BCUT2D eigenvalue weighted by Gasteiger charge is 1.77. The van der Waals surface area contributed by atoms with Crippen LogP contribution in [0.4, 0.5) is 0 Å². The molecule has 0 aromatic heterocycles. The van der Waals surface area contributed by atoms with Gasteiger partial charge in [0.15, 0.2) is 0 Å². The predicted octanol–water partition coefficient (Wildman–Crippen LogP) is -1.09. The highest BCUT2D eigenvalue weighted by Crippen LogP contribution is 1.71. The van der Waals surface area contributed by atoms with Gasteiger partial charge in [-0.3, -0.25) is 0 Å². The van der Waals surface area contributed by atoms with Gasteiger partial charge < -0.3 is 21.7 Å². The van der Waals surface area contributed by atoms with Crippen LogP contribution in [-0.2, 0) is 0 Å². The van der Waals surface area contributed by atoms with Gasteiger partial charge in [-0.15, -0.1) is 0 Å². The SMILES string of the molecule is CN.N/C(=C\O)CO. The van der Waals surface area contributed by atoms with Crippen molar-refractivity contribution < 1.29 is 10.2 Å². The van der Waals surface area contributed by atoms with Crippen LogP contribution in [0.2, 0.25) is 0 Å². The van der Waals surface area contributed by atoms with Gasteiger partial charge in [-0.05, 0) is 7.05 Å². The molecule has 0 unspecified atom stereocenters. The summed E-state index contributed by atoms with van der Waals surface area (Å²) in [5.41, 5.74) is 9.41.